The van der Waals surface area contributed by atoms with Gasteiger partial charge in [-0.3, -0.25) is 4.79 Å². The summed E-state index contributed by atoms with van der Waals surface area (Å²) in [5.74, 6) is -1.16. The van der Waals surface area contributed by atoms with E-state index in [0.29, 0.717) is 12.5 Å². The van der Waals surface area contributed by atoms with Gasteiger partial charge in [-0.2, -0.15) is 0 Å². The maximum Gasteiger partial charge on any atom is 0.312 e. The van der Waals surface area contributed by atoms with Crippen LogP contribution in [0.1, 0.15) is 34.7 Å². The number of thiophene rings is 1. The number of nitrogens with zero attached hydrogens (tertiary/aromatic N) is 2. The van der Waals surface area contributed by atoms with Gasteiger partial charge in [0.05, 0.1) is 5.69 Å². The van der Waals surface area contributed by atoms with Crippen molar-refractivity contribution in [3.05, 3.63) is 33.0 Å². The van der Waals surface area contributed by atoms with Gasteiger partial charge in [-0.1, -0.05) is 6.07 Å². The highest BCUT2D eigenvalue weighted by molar-refractivity contribution is 7.15. The van der Waals surface area contributed by atoms with Gasteiger partial charge in [-0.15, -0.1) is 22.7 Å². The molecule has 1 N–H and O–H groups in total. The van der Waals surface area contributed by atoms with Gasteiger partial charge in [0.25, 0.3) is 0 Å². The SMILES string of the molecule is CC(Cc1cccs1)N(C)c1nc2c(s1)CCC2C(=O)O. The third kappa shape index (κ3) is 2.82. The van der Waals surface area contributed by atoms with E-state index in [1.54, 1.807) is 22.7 Å². The van der Waals surface area contributed by atoms with Crippen LogP contribution in [-0.2, 0) is 17.6 Å². The van der Waals surface area contributed by atoms with Crippen molar-refractivity contribution in [2.75, 3.05) is 11.9 Å². The lowest BCUT2D eigenvalue weighted by Gasteiger charge is -2.24. The summed E-state index contributed by atoms with van der Waals surface area (Å²) in [4.78, 5) is 20.5. The van der Waals surface area contributed by atoms with Crippen molar-refractivity contribution in [1.82, 2.24) is 4.98 Å². The van der Waals surface area contributed by atoms with Gasteiger partial charge in [0.15, 0.2) is 5.13 Å². The van der Waals surface area contributed by atoms with E-state index in [-0.39, 0.29) is 0 Å². The number of fused-ring (bicyclic) bond motifs is 1. The first-order chi connectivity index (χ1) is 10.1. The fourth-order valence-electron chi connectivity index (χ4n) is 2.65. The van der Waals surface area contributed by atoms with E-state index in [1.165, 1.54) is 4.88 Å². The molecule has 2 unspecified atom stereocenters. The molecule has 0 spiro atoms. The molecule has 112 valence electrons. The second-order valence-corrected chi connectivity index (χ2v) is 7.57. The largest absolute Gasteiger partial charge is 0.481 e. The molecule has 6 heteroatoms. The molecule has 1 aliphatic carbocycles. The van der Waals surface area contributed by atoms with Crippen LogP contribution in [0.25, 0.3) is 0 Å². The molecular formula is C15H18N2O2S2. The second kappa shape index (κ2) is 5.77. The minimum Gasteiger partial charge on any atom is -0.481 e. The number of likely N-dealkylation sites (N-methyl/N-ethyl adjacent to an activating group) is 1. The van der Waals surface area contributed by atoms with Gasteiger partial charge in [0.2, 0.25) is 0 Å². The summed E-state index contributed by atoms with van der Waals surface area (Å²) >= 11 is 3.42. The Kier molecular flexibility index (Phi) is 3.99. The molecule has 2 heterocycles. The first kappa shape index (κ1) is 14.5. The number of hydrogen-bond donors (Lipinski definition) is 1. The smallest absolute Gasteiger partial charge is 0.312 e. The molecular weight excluding hydrogens is 304 g/mol. The van der Waals surface area contributed by atoms with Crippen LogP contribution in [-0.4, -0.2) is 29.1 Å². The fraction of sp³-hybridized carbons (Fsp3) is 0.467. The van der Waals surface area contributed by atoms with Gasteiger partial charge in [-0.05, 0) is 31.2 Å². The summed E-state index contributed by atoms with van der Waals surface area (Å²) in [6.07, 6.45) is 2.52. The van der Waals surface area contributed by atoms with Gasteiger partial charge in [0.1, 0.15) is 5.92 Å². The number of anilines is 1. The van der Waals surface area contributed by atoms with Crippen LogP contribution in [0.2, 0.25) is 0 Å². The van der Waals surface area contributed by atoms with E-state index >= 15 is 0 Å². The van der Waals surface area contributed by atoms with Crippen LogP contribution in [0.4, 0.5) is 5.13 Å². The van der Waals surface area contributed by atoms with Crippen LogP contribution < -0.4 is 4.90 Å². The van der Waals surface area contributed by atoms with Crippen LogP contribution in [0.3, 0.4) is 0 Å². The molecule has 0 saturated heterocycles. The van der Waals surface area contributed by atoms with Gasteiger partial charge >= 0.3 is 5.97 Å². The highest BCUT2D eigenvalue weighted by Gasteiger charge is 2.33. The Hall–Kier alpha value is -1.40. The number of thiazole rings is 1. The maximum absolute atomic E-state index is 11.2. The summed E-state index contributed by atoms with van der Waals surface area (Å²) in [6, 6.07) is 4.57. The summed E-state index contributed by atoms with van der Waals surface area (Å²) in [7, 11) is 2.04. The Labute approximate surface area is 132 Å². The molecule has 21 heavy (non-hydrogen) atoms. The summed E-state index contributed by atoms with van der Waals surface area (Å²) in [6.45, 7) is 2.18. The lowest BCUT2D eigenvalue weighted by atomic mass is 10.1. The standard InChI is InChI=1S/C15H18N2O2S2/c1-9(8-10-4-3-7-20-10)17(2)15-16-13-11(14(18)19)5-6-12(13)21-15/h3-4,7,9,11H,5-6,8H2,1-2H3,(H,18,19). The molecule has 2 atom stereocenters. The third-order valence-corrected chi connectivity index (χ3v) is 6.16. The number of carboxylic acid groups (broad SMARTS) is 1. The lowest BCUT2D eigenvalue weighted by molar-refractivity contribution is -0.138. The van der Waals surface area contributed by atoms with E-state index < -0.39 is 11.9 Å². The molecule has 4 nitrogen and oxygen atoms in total. The van der Waals surface area contributed by atoms with Crippen molar-refractivity contribution in [3.8, 4) is 0 Å². The second-order valence-electron chi connectivity index (χ2n) is 5.48. The number of carboxylic acids is 1. The summed E-state index contributed by atoms with van der Waals surface area (Å²) < 4.78 is 0. The minimum absolute atomic E-state index is 0.346. The molecule has 0 saturated carbocycles. The zero-order valence-electron chi connectivity index (χ0n) is 12.1. The minimum atomic E-state index is -0.750. The van der Waals surface area contributed by atoms with Gasteiger partial charge in [0, 0.05) is 29.3 Å². The predicted octanol–water partition coefficient (Wildman–Crippen LogP) is 3.39. The monoisotopic (exact) mass is 322 g/mol. The van der Waals surface area contributed by atoms with Crippen molar-refractivity contribution < 1.29 is 9.90 Å². The average molecular weight is 322 g/mol. The van der Waals surface area contributed by atoms with Crippen LogP contribution >= 0.6 is 22.7 Å². The quantitative estimate of drug-likeness (QED) is 0.917. The normalized spacial score (nSPS) is 18.5. The van der Waals surface area contributed by atoms with E-state index in [9.17, 15) is 9.90 Å². The molecule has 0 amide bonds. The summed E-state index contributed by atoms with van der Waals surface area (Å²) in [5, 5.41) is 12.3. The molecule has 0 aliphatic heterocycles. The van der Waals surface area contributed by atoms with Crippen molar-refractivity contribution >= 4 is 33.8 Å². The first-order valence-corrected chi connectivity index (χ1v) is 8.73. The Morgan fingerprint density at radius 3 is 3.10 bits per heavy atom. The van der Waals surface area contributed by atoms with Gasteiger partial charge < -0.3 is 10.0 Å². The number of aliphatic carboxylic acids is 1. The molecule has 0 bridgehead atoms. The predicted molar refractivity (Wildman–Crippen MR) is 86.7 cm³/mol. The van der Waals surface area contributed by atoms with Crippen molar-refractivity contribution in [3.63, 3.8) is 0 Å². The number of rotatable bonds is 5. The first-order valence-electron chi connectivity index (χ1n) is 7.04. The molecule has 0 radical (unpaired) electrons. The Bertz CT molecular complexity index is 636. The van der Waals surface area contributed by atoms with Crippen LogP contribution in [0.5, 0.6) is 0 Å². The van der Waals surface area contributed by atoms with E-state index in [2.05, 4.69) is 34.3 Å². The number of aromatic nitrogens is 1. The summed E-state index contributed by atoms with van der Waals surface area (Å²) in [5.41, 5.74) is 0.790. The molecule has 0 fully saturated rings. The van der Waals surface area contributed by atoms with Crippen molar-refractivity contribution in [2.45, 2.75) is 38.1 Å². The lowest BCUT2D eigenvalue weighted by Crippen LogP contribution is -2.30. The molecule has 2 aromatic rings. The molecule has 1 aliphatic rings. The average Bonchev–Trinajstić information content (AvgIpc) is 3.12. The number of aryl methyl sites for hydroxylation is 1. The third-order valence-electron chi connectivity index (χ3n) is 4.04. The van der Waals surface area contributed by atoms with Crippen LogP contribution in [0, 0.1) is 0 Å². The zero-order chi connectivity index (χ0) is 15.0. The zero-order valence-corrected chi connectivity index (χ0v) is 13.7. The number of carbonyl (C=O) groups is 1. The molecule has 2 aromatic heterocycles. The number of hydrogen-bond acceptors (Lipinski definition) is 5. The van der Waals surface area contributed by atoms with E-state index in [1.807, 2.05) is 7.05 Å². The highest BCUT2D eigenvalue weighted by atomic mass is 32.1. The van der Waals surface area contributed by atoms with E-state index in [0.717, 1.165) is 28.5 Å². The highest BCUT2D eigenvalue weighted by Crippen LogP contribution is 2.39. The van der Waals surface area contributed by atoms with E-state index in [4.69, 9.17) is 0 Å². The van der Waals surface area contributed by atoms with Crippen molar-refractivity contribution in [2.24, 2.45) is 0 Å². The van der Waals surface area contributed by atoms with Crippen molar-refractivity contribution in [1.29, 1.82) is 0 Å². The van der Waals surface area contributed by atoms with Gasteiger partial charge in [-0.25, -0.2) is 4.98 Å². The molecule has 0 aromatic carbocycles. The Morgan fingerprint density at radius 1 is 1.62 bits per heavy atom. The topological polar surface area (TPSA) is 53.4 Å². The maximum atomic E-state index is 11.2. The Balaban J connectivity index is 1.75. The molecule has 3 rings (SSSR count). The van der Waals surface area contributed by atoms with Crippen LogP contribution in [0.15, 0.2) is 17.5 Å². The Morgan fingerprint density at radius 2 is 2.43 bits per heavy atom. The fourth-order valence-corrected chi connectivity index (χ4v) is 4.68.